The molecular formula is C24H23NO3. The normalized spacial score (nSPS) is 10.3. The summed E-state index contributed by atoms with van der Waals surface area (Å²) < 4.78 is 4.72. The smallest absolute Gasteiger partial charge is 0.337 e. The van der Waals surface area contributed by atoms with E-state index in [-0.39, 0.29) is 5.91 Å². The Hall–Kier alpha value is -3.40. The Morgan fingerprint density at radius 2 is 1.29 bits per heavy atom. The van der Waals surface area contributed by atoms with Gasteiger partial charge in [-0.3, -0.25) is 4.79 Å². The molecule has 4 nitrogen and oxygen atoms in total. The summed E-state index contributed by atoms with van der Waals surface area (Å²) in [5.74, 6) is -0.472. The van der Waals surface area contributed by atoms with Crippen LogP contribution >= 0.6 is 0 Å². The first-order valence-corrected chi connectivity index (χ1v) is 9.23. The molecule has 0 saturated heterocycles. The van der Waals surface area contributed by atoms with Crippen molar-refractivity contribution >= 4 is 11.9 Å². The third-order valence-electron chi connectivity index (χ3n) is 4.57. The lowest BCUT2D eigenvalue weighted by Crippen LogP contribution is -2.32. The molecule has 28 heavy (non-hydrogen) atoms. The van der Waals surface area contributed by atoms with Crippen LogP contribution in [0.3, 0.4) is 0 Å². The van der Waals surface area contributed by atoms with Crippen molar-refractivity contribution in [2.24, 2.45) is 0 Å². The Balaban J connectivity index is 1.78. The molecule has 0 heterocycles. The van der Waals surface area contributed by atoms with E-state index in [1.165, 1.54) is 12.7 Å². The van der Waals surface area contributed by atoms with Crippen LogP contribution < -0.4 is 0 Å². The van der Waals surface area contributed by atoms with Crippen LogP contribution in [0.4, 0.5) is 0 Å². The van der Waals surface area contributed by atoms with Crippen molar-refractivity contribution < 1.29 is 14.3 Å². The summed E-state index contributed by atoms with van der Waals surface area (Å²) >= 11 is 0. The first kappa shape index (κ1) is 19.4. The minimum Gasteiger partial charge on any atom is -0.465 e. The zero-order chi connectivity index (χ0) is 19.8. The van der Waals surface area contributed by atoms with Crippen molar-refractivity contribution in [2.45, 2.75) is 13.0 Å². The molecule has 0 aliphatic heterocycles. The van der Waals surface area contributed by atoms with E-state index in [4.69, 9.17) is 4.74 Å². The summed E-state index contributed by atoms with van der Waals surface area (Å²) in [4.78, 5) is 26.6. The first-order valence-electron chi connectivity index (χ1n) is 9.23. The van der Waals surface area contributed by atoms with E-state index in [1.54, 1.807) is 24.3 Å². The number of ether oxygens (including phenoxy) is 1. The topological polar surface area (TPSA) is 46.6 Å². The fourth-order valence-corrected chi connectivity index (χ4v) is 3.01. The molecular weight excluding hydrogens is 350 g/mol. The van der Waals surface area contributed by atoms with Gasteiger partial charge in [0.15, 0.2) is 0 Å². The van der Waals surface area contributed by atoms with Crippen molar-refractivity contribution in [1.82, 2.24) is 4.90 Å². The van der Waals surface area contributed by atoms with Gasteiger partial charge in [0.1, 0.15) is 0 Å². The second kappa shape index (κ2) is 9.51. The highest BCUT2D eigenvalue weighted by molar-refractivity contribution is 5.96. The Labute approximate surface area is 165 Å². The monoisotopic (exact) mass is 373 g/mol. The number of hydrogen-bond donors (Lipinski definition) is 0. The Morgan fingerprint density at radius 3 is 1.86 bits per heavy atom. The summed E-state index contributed by atoms with van der Waals surface area (Å²) in [6, 6.07) is 26.7. The maximum absolute atomic E-state index is 13.1. The molecule has 3 rings (SSSR count). The summed E-state index contributed by atoms with van der Waals surface area (Å²) in [5, 5.41) is 0. The van der Waals surface area contributed by atoms with E-state index >= 15 is 0 Å². The van der Waals surface area contributed by atoms with Crippen LogP contribution in [0.2, 0.25) is 0 Å². The van der Waals surface area contributed by atoms with Gasteiger partial charge in [0, 0.05) is 18.7 Å². The van der Waals surface area contributed by atoms with Gasteiger partial charge < -0.3 is 9.64 Å². The van der Waals surface area contributed by atoms with Crippen LogP contribution in [0.1, 0.15) is 31.8 Å². The standard InChI is InChI=1S/C24H23NO3/c1-28-24(27)22-14-12-21(13-15-22)23(26)25(18-20-10-6-3-7-11-20)17-16-19-8-4-2-5-9-19/h2-15H,16-18H2,1H3. The van der Waals surface area contributed by atoms with Gasteiger partial charge >= 0.3 is 5.97 Å². The lowest BCUT2D eigenvalue weighted by molar-refractivity contribution is 0.0599. The number of carbonyl (C=O) groups excluding carboxylic acids is 2. The van der Waals surface area contributed by atoms with Gasteiger partial charge in [-0.2, -0.15) is 0 Å². The van der Waals surface area contributed by atoms with E-state index in [0.29, 0.717) is 24.2 Å². The molecule has 3 aromatic carbocycles. The molecule has 0 aliphatic carbocycles. The average molecular weight is 373 g/mol. The SMILES string of the molecule is COC(=O)c1ccc(C(=O)N(CCc2ccccc2)Cc2ccccc2)cc1. The number of rotatable bonds is 7. The van der Waals surface area contributed by atoms with Gasteiger partial charge in [-0.15, -0.1) is 0 Å². The largest absolute Gasteiger partial charge is 0.465 e. The summed E-state index contributed by atoms with van der Waals surface area (Å²) in [6.07, 6.45) is 0.777. The molecule has 0 aromatic heterocycles. The highest BCUT2D eigenvalue weighted by Crippen LogP contribution is 2.13. The highest BCUT2D eigenvalue weighted by atomic mass is 16.5. The molecule has 0 bridgehead atoms. The minimum atomic E-state index is -0.413. The van der Waals surface area contributed by atoms with Gasteiger partial charge in [0.25, 0.3) is 5.91 Å². The quantitative estimate of drug-likeness (QED) is 0.578. The van der Waals surface area contributed by atoms with Gasteiger partial charge in [0.2, 0.25) is 0 Å². The van der Waals surface area contributed by atoms with Crippen molar-refractivity contribution in [2.75, 3.05) is 13.7 Å². The van der Waals surface area contributed by atoms with Crippen LogP contribution in [-0.4, -0.2) is 30.4 Å². The van der Waals surface area contributed by atoms with Gasteiger partial charge in [0.05, 0.1) is 12.7 Å². The van der Waals surface area contributed by atoms with Crippen LogP contribution in [0.5, 0.6) is 0 Å². The van der Waals surface area contributed by atoms with Crippen LogP contribution in [0, 0.1) is 0 Å². The summed E-state index contributed by atoms with van der Waals surface area (Å²) in [7, 11) is 1.34. The Morgan fingerprint density at radius 1 is 0.750 bits per heavy atom. The van der Waals surface area contributed by atoms with E-state index in [2.05, 4.69) is 12.1 Å². The summed E-state index contributed by atoms with van der Waals surface area (Å²) in [6.45, 7) is 1.14. The molecule has 0 fully saturated rings. The summed E-state index contributed by atoms with van der Waals surface area (Å²) in [5.41, 5.74) is 3.25. The van der Waals surface area contributed by atoms with Crippen LogP contribution in [0.25, 0.3) is 0 Å². The lowest BCUT2D eigenvalue weighted by atomic mass is 10.1. The zero-order valence-electron chi connectivity index (χ0n) is 15.9. The number of esters is 1. The second-order valence-electron chi connectivity index (χ2n) is 6.52. The molecule has 4 heteroatoms. The maximum Gasteiger partial charge on any atom is 0.337 e. The van der Waals surface area contributed by atoms with Crippen molar-refractivity contribution in [3.63, 3.8) is 0 Å². The Kier molecular flexibility index (Phi) is 6.58. The third kappa shape index (κ3) is 5.07. The molecule has 0 unspecified atom stereocenters. The number of carbonyl (C=O) groups is 2. The van der Waals surface area contributed by atoms with Crippen molar-refractivity contribution in [1.29, 1.82) is 0 Å². The number of amides is 1. The van der Waals surface area contributed by atoms with Crippen molar-refractivity contribution in [3.8, 4) is 0 Å². The molecule has 3 aromatic rings. The number of benzene rings is 3. The molecule has 1 amide bonds. The van der Waals surface area contributed by atoms with E-state index in [0.717, 1.165) is 12.0 Å². The van der Waals surface area contributed by atoms with Crippen LogP contribution in [0.15, 0.2) is 84.9 Å². The third-order valence-corrected chi connectivity index (χ3v) is 4.57. The van der Waals surface area contributed by atoms with Gasteiger partial charge in [-0.05, 0) is 41.8 Å². The molecule has 0 aliphatic rings. The zero-order valence-corrected chi connectivity index (χ0v) is 15.9. The number of nitrogens with zero attached hydrogens (tertiary/aromatic N) is 1. The molecule has 0 radical (unpaired) electrons. The molecule has 0 atom stereocenters. The minimum absolute atomic E-state index is 0.0591. The van der Waals surface area contributed by atoms with E-state index in [1.807, 2.05) is 53.4 Å². The number of hydrogen-bond acceptors (Lipinski definition) is 3. The molecule has 0 spiro atoms. The average Bonchev–Trinajstić information content (AvgIpc) is 2.77. The fourth-order valence-electron chi connectivity index (χ4n) is 3.01. The first-order chi connectivity index (χ1) is 13.7. The highest BCUT2D eigenvalue weighted by Gasteiger charge is 2.17. The van der Waals surface area contributed by atoms with E-state index in [9.17, 15) is 9.59 Å². The molecule has 0 N–H and O–H groups in total. The van der Waals surface area contributed by atoms with E-state index < -0.39 is 5.97 Å². The predicted octanol–water partition coefficient (Wildman–Crippen LogP) is 4.36. The van der Waals surface area contributed by atoms with Crippen LogP contribution in [-0.2, 0) is 17.7 Å². The maximum atomic E-state index is 13.1. The van der Waals surface area contributed by atoms with Gasteiger partial charge in [-0.25, -0.2) is 4.79 Å². The lowest BCUT2D eigenvalue weighted by Gasteiger charge is -2.23. The number of methoxy groups -OCH3 is 1. The van der Waals surface area contributed by atoms with Crippen molar-refractivity contribution in [3.05, 3.63) is 107 Å². The molecule has 142 valence electrons. The predicted molar refractivity (Wildman–Crippen MR) is 109 cm³/mol. The van der Waals surface area contributed by atoms with Gasteiger partial charge in [-0.1, -0.05) is 60.7 Å². The fraction of sp³-hybridized carbons (Fsp3) is 0.167. The molecule has 0 saturated carbocycles. The second-order valence-corrected chi connectivity index (χ2v) is 6.52. The Bertz CT molecular complexity index is 906.